The number of nitrogens with zero attached hydrogens (tertiary/aromatic N) is 3. The molecule has 1 unspecified atom stereocenters. The molecule has 1 aromatic heterocycles. The lowest BCUT2D eigenvalue weighted by atomic mass is 10.1. The van der Waals surface area contributed by atoms with Gasteiger partial charge in [0, 0.05) is 4.47 Å². The Hall–Kier alpha value is -1.89. The fraction of sp³-hybridized carbons (Fsp3) is 0.308. The maximum absolute atomic E-state index is 5.01. The third-order valence-corrected chi connectivity index (χ3v) is 3.15. The molecular weight excluding hydrogens is 324 g/mol. The molecule has 1 heterocycles. The molecule has 2 aromatic rings. The summed E-state index contributed by atoms with van der Waals surface area (Å²) < 4.78 is 11.1. The fourth-order valence-corrected chi connectivity index (χ4v) is 2.05. The lowest BCUT2D eigenvalue weighted by Gasteiger charge is -2.15. The van der Waals surface area contributed by atoms with Gasteiger partial charge in [-0.1, -0.05) is 28.1 Å². The molecule has 2 rings (SSSR count). The molecule has 0 aliphatic rings. The number of rotatable bonds is 5. The Morgan fingerprint density at radius 2 is 1.75 bits per heavy atom. The van der Waals surface area contributed by atoms with Crippen molar-refractivity contribution in [2.75, 3.05) is 19.5 Å². The number of anilines is 1. The molecule has 0 amide bonds. The molecule has 0 spiro atoms. The number of ether oxygens (including phenoxy) is 2. The predicted molar refractivity (Wildman–Crippen MR) is 79.1 cm³/mol. The zero-order valence-electron chi connectivity index (χ0n) is 11.4. The minimum absolute atomic E-state index is 0.0318. The summed E-state index contributed by atoms with van der Waals surface area (Å²) in [6, 6.07) is 8.47. The molecule has 1 N–H and O–H groups in total. The van der Waals surface area contributed by atoms with E-state index in [0.717, 1.165) is 10.0 Å². The Bertz CT molecular complexity index is 572. The Morgan fingerprint density at radius 3 is 2.30 bits per heavy atom. The second-order valence-corrected chi connectivity index (χ2v) is 4.97. The number of hydrogen-bond acceptors (Lipinski definition) is 6. The van der Waals surface area contributed by atoms with E-state index in [4.69, 9.17) is 9.47 Å². The van der Waals surface area contributed by atoms with Crippen molar-refractivity contribution in [2.24, 2.45) is 0 Å². The summed E-state index contributed by atoms with van der Waals surface area (Å²) in [5, 5.41) is 3.19. The van der Waals surface area contributed by atoms with Crippen LogP contribution in [0.5, 0.6) is 12.0 Å². The van der Waals surface area contributed by atoms with Crippen molar-refractivity contribution in [3.63, 3.8) is 0 Å². The van der Waals surface area contributed by atoms with Crippen molar-refractivity contribution in [1.82, 2.24) is 15.0 Å². The minimum atomic E-state index is 0.0318. The molecule has 20 heavy (non-hydrogen) atoms. The fourth-order valence-electron chi connectivity index (χ4n) is 1.64. The van der Waals surface area contributed by atoms with E-state index in [-0.39, 0.29) is 18.1 Å². The lowest BCUT2D eigenvalue weighted by Crippen LogP contribution is -2.11. The Morgan fingerprint density at radius 1 is 1.10 bits per heavy atom. The van der Waals surface area contributed by atoms with Gasteiger partial charge in [0.25, 0.3) is 0 Å². The third kappa shape index (κ3) is 3.57. The summed E-state index contributed by atoms with van der Waals surface area (Å²) >= 11 is 3.45. The predicted octanol–water partition coefficient (Wildman–Crippen LogP) is 2.82. The standard InChI is InChI=1S/C13H15BrN4O2/c1-8(9-5-4-6-10(14)7-9)15-11-16-12(19-2)18-13(17-11)20-3/h4-8H,1-3H3,(H,15,16,17,18). The first-order chi connectivity index (χ1) is 9.62. The van der Waals surface area contributed by atoms with Crippen LogP contribution in [0.15, 0.2) is 28.7 Å². The molecule has 0 bridgehead atoms. The first-order valence-electron chi connectivity index (χ1n) is 5.98. The van der Waals surface area contributed by atoms with Crippen LogP contribution in [0, 0.1) is 0 Å². The summed E-state index contributed by atoms with van der Waals surface area (Å²) in [6.07, 6.45) is 0. The van der Waals surface area contributed by atoms with Gasteiger partial charge in [-0.2, -0.15) is 9.97 Å². The van der Waals surface area contributed by atoms with Gasteiger partial charge >= 0.3 is 12.0 Å². The molecule has 1 atom stereocenters. The van der Waals surface area contributed by atoms with Crippen LogP contribution in [-0.2, 0) is 0 Å². The number of aromatic nitrogens is 3. The van der Waals surface area contributed by atoms with Gasteiger partial charge in [-0.15, -0.1) is 4.98 Å². The van der Waals surface area contributed by atoms with Crippen molar-refractivity contribution in [2.45, 2.75) is 13.0 Å². The zero-order valence-corrected chi connectivity index (χ0v) is 13.0. The van der Waals surface area contributed by atoms with E-state index in [1.807, 2.05) is 31.2 Å². The van der Waals surface area contributed by atoms with Crippen molar-refractivity contribution < 1.29 is 9.47 Å². The van der Waals surface area contributed by atoms with Crippen LogP contribution in [0.4, 0.5) is 5.95 Å². The first kappa shape index (κ1) is 14.5. The van der Waals surface area contributed by atoms with Crippen LogP contribution in [0.2, 0.25) is 0 Å². The van der Waals surface area contributed by atoms with Crippen LogP contribution >= 0.6 is 15.9 Å². The molecular formula is C13H15BrN4O2. The van der Waals surface area contributed by atoms with Gasteiger partial charge in [-0.05, 0) is 24.6 Å². The molecule has 1 aromatic carbocycles. The highest BCUT2D eigenvalue weighted by Crippen LogP contribution is 2.22. The second-order valence-electron chi connectivity index (χ2n) is 4.05. The number of nitrogens with one attached hydrogen (secondary N) is 1. The number of halogens is 1. The maximum atomic E-state index is 5.01. The summed E-state index contributed by atoms with van der Waals surface area (Å²) in [7, 11) is 2.99. The van der Waals surface area contributed by atoms with Crippen molar-refractivity contribution in [3.05, 3.63) is 34.3 Å². The summed E-state index contributed by atoms with van der Waals surface area (Å²) in [5.41, 5.74) is 1.11. The van der Waals surface area contributed by atoms with Gasteiger partial charge in [-0.3, -0.25) is 0 Å². The van der Waals surface area contributed by atoms with Gasteiger partial charge in [0.05, 0.1) is 20.3 Å². The van der Waals surface area contributed by atoms with Crippen molar-refractivity contribution in [3.8, 4) is 12.0 Å². The lowest BCUT2D eigenvalue weighted by molar-refractivity contribution is 0.341. The van der Waals surface area contributed by atoms with Gasteiger partial charge in [0.2, 0.25) is 5.95 Å². The van der Waals surface area contributed by atoms with Crippen LogP contribution in [0.1, 0.15) is 18.5 Å². The molecule has 0 saturated heterocycles. The highest BCUT2D eigenvalue weighted by molar-refractivity contribution is 9.10. The normalized spacial score (nSPS) is 11.8. The van der Waals surface area contributed by atoms with E-state index in [9.17, 15) is 0 Å². The Balaban J connectivity index is 2.20. The van der Waals surface area contributed by atoms with Gasteiger partial charge in [-0.25, -0.2) is 0 Å². The van der Waals surface area contributed by atoms with E-state index >= 15 is 0 Å². The topological polar surface area (TPSA) is 69.2 Å². The second kappa shape index (κ2) is 6.51. The van der Waals surface area contributed by atoms with E-state index in [2.05, 4.69) is 36.2 Å². The SMILES string of the molecule is COc1nc(NC(C)c2cccc(Br)c2)nc(OC)n1. The Kier molecular flexibility index (Phi) is 4.73. The maximum Gasteiger partial charge on any atom is 0.324 e. The molecule has 0 aliphatic heterocycles. The number of benzene rings is 1. The monoisotopic (exact) mass is 338 g/mol. The van der Waals surface area contributed by atoms with Crippen LogP contribution in [-0.4, -0.2) is 29.2 Å². The quantitative estimate of drug-likeness (QED) is 0.903. The summed E-state index contributed by atoms with van der Waals surface area (Å²) in [6.45, 7) is 2.02. The van der Waals surface area contributed by atoms with E-state index in [1.54, 1.807) is 0 Å². The van der Waals surface area contributed by atoms with Crippen LogP contribution in [0.25, 0.3) is 0 Å². The van der Waals surface area contributed by atoms with E-state index in [0.29, 0.717) is 5.95 Å². The minimum Gasteiger partial charge on any atom is -0.467 e. The summed E-state index contributed by atoms with van der Waals surface area (Å²) in [4.78, 5) is 12.2. The molecule has 0 fully saturated rings. The molecule has 7 heteroatoms. The zero-order chi connectivity index (χ0) is 14.5. The average molecular weight is 339 g/mol. The first-order valence-corrected chi connectivity index (χ1v) is 6.77. The Labute approximate surface area is 125 Å². The van der Waals surface area contributed by atoms with E-state index in [1.165, 1.54) is 14.2 Å². The van der Waals surface area contributed by atoms with Crippen LogP contribution in [0.3, 0.4) is 0 Å². The van der Waals surface area contributed by atoms with Gasteiger partial charge in [0.1, 0.15) is 0 Å². The molecule has 0 radical (unpaired) electrons. The largest absolute Gasteiger partial charge is 0.467 e. The average Bonchev–Trinajstić information content (AvgIpc) is 2.46. The molecule has 0 saturated carbocycles. The summed E-state index contributed by atoms with van der Waals surface area (Å²) in [5.74, 6) is 0.404. The van der Waals surface area contributed by atoms with Crippen LogP contribution < -0.4 is 14.8 Å². The van der Waals surface area contributed by atoms with E-state index < -0.39 is 0 Å². The van der Waals surface area contributed by atoms with Crippen molar-refractivity contribution in [1.29, 1.82) is 0 Å². The third-order valence-electron chi connectivity index (χ3n) is 2.65. The number of hydrogen-bond donors (Lipinski definition) is 1. The molecule has 6 nitrogen and oxygen atoms in total. The van der Waals surface area contributed by atoms with Gasteiger partial charge in [0.15, 0.2) is 0 Å². The highest BCUT2D eigenvalue weighted by atomic mass is 79.9. The van der Waals surface area contributed by atoms with Gasteiger partial charge < -0.3 is 14.8 Å². The smallest absolute Gasteiger partial charge is 0.324 e. The molecule has 0 aliphatic carbocycles. The van der Waals surface area contributed by atoms with Crippen molar-refractivity contribution >= 4 is 21.9 Å². The highest BCUT2D eigenvalue weighted by Gasteiger charge is 2.11. The molecule has 106 valence electrons. The number of methoxy groups -OCH3 is 2.